The van der Waals surface area contributed by atoms with Crippen LogP contribution < -0.4 is 0 Å². The Morgan fingerprint density at radius 3 is 2.75 bits per heavy atom. The van der Waals surface area contributed by atoms with Gasteiger partial charge in [0.2, 0.25) is 0 Å². The molecule has 0 aliphatic rings. The van der Waals surface area contributed by atoms with Crippen LogP contribution in [-0.4, -0.2) is 27.7 Å². The fourth-order valence-electron chi connectivity index (χ4n) is 1.98. The smallest absolute Gasteiger partial charge is 0.309 e. The van der Waals surface area contributed by atoms with E-state index in [2.05, 4.69) is 5.10 Å². The van der Waals surface area contributed by atoms with Crippen molar-refractivity contribution in [1.82, 2.24) is 9.94 Å². The van der Waals surface area contributed by atoms with E-state index in [0.29, 0.717) is 24.4 Å². The average molecular weight is 274 g/mol. The minimum Gasteiger partial charge on any atom is -0.466 e. The Bertz CT molecular complexity index is 578. The van der Waals surface area contributed by atoms with Gasteiger partial charge in [-0.1, -0.05) is 37.3 Å². The second kappa shape index (κ2) is 6.23. The van der Waals surface area contributed by atoms with Crippen molar-refractivity contribution in [2.45, 2.75) is 20.3 Å². The molecule has 5 nitrogen and oxygen atoms in total. The lowest BCUT2D eigenvalue weighted by Crippen LogP contribution is -2.18. The van der Waals surface area contributed by atoms with Crippen LogP contribution in [0.1, 0.15) is 19.5 Å². The lowest BCUT2D eigenvalue weighted by molar-refractivity contribution is -0.147. The van der Waals surface area contributed by atoms with Crippen LogP contribution in [0.2, 0.25) is 0 Å². The summed E-state index contributed by atoms with van der Waals surface area (Å²) >= 11 is 0. The predicted molar refractivity (Wildman–Crippen MR) is 74.3 cm³/mol. The molecule has 1 unspecified atom stereocenters. The summed E-state index contributed by atoms with van der Waals surface area (Å²) in [7, 11) is 0. The third-order valence-electron chi connectivity index (χ3n) is 3.04. The molecular weight excluding hydrogens is 256 g/mol. The van der Waals surface area contributed by atoms with Crippen molar-refractivity contribution in [2.75, 3.05) is 6.61 Å². The van der Waals surface area contributed by atoms with Crippen LogP contribution in [0.3, 0.4) is 0 Å². The molecular formula is C15H18N2O3. The van der Waals surface area contributed by atoms with Crippen LogP contribution in [-0.2, 0) is 16.0 Å². The normalized spacial score (nSPS) is 12.1. The van der Waals surface area contributed by atoms with E-state index in [1.54, 1.807) is 19.9 Å². The SMILES string of the molecule is CCOC(=O)C(C)Cc1cc(-c2ccccc2)nn1O. The molecule has 5 heteroatoms. The molecule has 0 bridgehead atoms. The molecule has 1 heterocycles. The minimum absolute atomic E-state index is 0.269. The summed E-state index contributed by atoms with van der Waals surface area (Å²) in [4.78, 5) is 12.4. The van der Waals surface area contributed by atoms with Crippen LogP contribution in [0, 0.1) is 5.92 Å². The van der Waals surface area contributed by atoms with E-state index < -0.39 is 0 Å². The molecule has 0 saturated heterocycles. The highest BCUT2D eigenvalue weighted by molar-refractivity contribution is 5.72. The van der Waals surface area contributed by atoms with Crippen molar-refractivity contribution in [2.24, 2.45) is 5.92 Å². The van der Waals surface area contributed by atoms with Gasteiger partial charge in [0.1, 0.15) is 0 Å². The van der Waals surface area contributed by atoms with Gasteiger partial charge in [-0.25, -0.2) is 0 Å². The van der Waals surface area contributed by atoms with Gasteiger partial charge in [-0.15, -0.1) is 9.94 Å². The number of rotatable bonds is 5. The van der Waals surface area contributed by atoms with Gasteiger partial charge in [0.05, 0.1) is 23.9 Å². The van der Waals surface area contributed by atoms with Crippen molar-refractivity contribution < 1.29 is 14.7 Å². The fourth-order valence-corrected chi connectivity index (χ4v) is 1.98. The molecule has 2 rings (SSSR count). The Morgan fingerprint density at radius 1 is 1.40 bits per heavy atom. The third kappa shape index (κ3) is 3.17. The third-order valence-corrected chi connectivity index (χ3v) is 3.04. The van der Waals surface area contributed by atoms with Crippen LogP contribution in [0.25, 0.3) is 11.3 Å². The second-order valence-corrected chi connectivity index (χ2v) is 4.63. The molecule has 0 fully saturated rings. The lowest BCUT2D eigenvalue weighted by Gasteiger charge is -2.09. The molecule has 0 spiro atoms. The van der Waals surface area contributed by atoms with Crippen LogP contribution in [0.4, 0.5) is 0 Å². The van der Waals surface area contributed by atoms with Gasteiger partial charge >= 0.3 is 5.97 Å². The van der Waals surface area contributed by atoms with Crippen molar-refractivity contribution >= 4 is 5.97 Å². The highest BCUT2D eigenvalue weighted by Gasteiger charge is 2.18. The first kappa shape index (κ1) is 14.1. The molecule has 0 amide bonds. The Morgan fingerprint density at radius 2 is 2.10 bits per heavy atom. The number of carbonyl (C=O) groups is 1. The van der Waals surface area contributed by atoms with Gasteiger partial charge in [-0.2, -0.15) is 0 Å². The lowest BCUT2D eigenvalue weighted by atomic mass is 10.0. The molecule has 0 radical (unpaired) electrons. The van der Waals surface area contributed by atoms with E-state index in [-0.39, 0.29) is 11.9 Å². The molecule has 1 aromatic carbocycles. The monoisotopic (exact) mass is 274 g/mol. The highest BCUT2D eigenvalue weighted by atomic mass is 16.5. The van der Waals surface area contributed by atoms with E-state index in [1.165, 1.54) is 0 Å². The molecule has 1 atom stereocenters. The molecule has 0 saturated carbocycles. The van der Waals surface area contributed by atoms with Crippen molar-refractivity contribution in [3.05, 3.63) is 42.1 Å². The summed E-state index contributed by atoms with van der Waals surface area (Å²) in [5.74, 6) is -0.587. The highest BCUT2D eigenvalue weighted by Crippen LogP contribution is 2.20. The summed E-state index contributed by atoms with van der Waals surface area (Å²) in [6.45, 7) is 3.90. The largest absolute Gasteiger partial charge is 0.466 e. The first-order valence-corrected chi connectivity index (χ1v) is 6.62. The quantitative estimate of drug-likeness (QED) is 0.672. The standard InChI is InChI=1S/C15H18N2O3/c1-3-20-15(18)11(2)9-13-10-14(16-17(13)19)12-7-5-4-6-8-12/h4-8,10-11,19H,3,9H2,1-2H3. The zero-order valence-electron chi connectivity index (χ0n) is 11.6. The Balaban J connectivity index is 2.14. The molecule has 0 aliphatic heterocycles. The Labute approximate surface area is 117 Å². The topological polar surface area (TPSA) is 64.3 Å². The summed E-state index contributed by atoms with van der Waals surface area (Å²) in [6.07, 6.45) is 0.384. The molecule has 20 heavy (non-hydrogen) atoms. The van der Waals surface area contributed by atoms with Crippen molar-refractivity contribution in [3.8, 4) is 11.3 Å². The molecule has 1 N–H and O–H groups in total. The number of aromatic nitrogens is 2. The van der Waals surface area contributed by atoms with Crippen LogP contribution in [0.15, 0.2) is 36.4 Å². The summed E-state index contributed by atoms with van der Waals surface area (Å²) < 4.78 is 4.96. The van der Waals surface area contributed by atoms with Gasteiger partial charge in [0, 0.05) is 12.0 Å². The number of benzene rings is 1. The number of carbonyl (C=O) groups excluding carboxylic acids is 1. The summed E-state index contributed by atoms with van der Waals surface area (Å²) in [5.41, 5.74) is 2.19. The van der Waals surface area contributed by atoms with E-state index in [1.807, 2.05) is 30.3 Å². The number of hydrogen-bond acceptors (Lipinski definition) is 4. The summed E-state index contributed by atoms with van der Waals surface area (Å²) in [6, 6.07) is 11.4. The van der Waals surface area contributed by atoms with Crippen molar-refractivity contribution in [1.29, 1.82) is 0 Å². The molecule has 0 aliphatic carbocycles. The Kier molecular flexibility index (Phi) is 4.40. The van der Waals surface area contributed by atoms with E-state index >= 15 is 0 Å². The zero-order valence-corrected chi connectivity index (χ0v) is 11.6. The molecule has 106 valence electrons. The van der Waals surface area contributed by atoms with Gasteiger partial charge in [0.15, 0.2) is 0 Å². The summed E-state index contributed by atoms with van der Waals surface area (Å²) in [5, 5.41) is 13.9. The maximum Gasteiger partial charge on any atom is 0.309 e. The number of esters is 1. The second-order valence-electron chi connectivity index (χ2n) is 4.63. The number of nitrogens with zero attached hydrogens (tertiary/aromatic N) is 2. The number of hydrogen-bond donors (Lipinski definition) is 1. The van der Waals surface area contributed by atoms with Crippen LogP contribution in [0.5, 0.6) is 0 Å². The van der Waals surface area contributed by atoms with E-state index in [4.69, 9.17) is 4.74 Å². The number of ether oxygens (including phenoxy) is 1. The van der Waals surface area contributed by atoms with E-state index in [9.17, 15) is 10.0 Å². The van der Waals surface area contributed by atoms with Gasteiger partial charge in [-0.3, -0.25) is 4.79 Å². The average Bonchev–Trinajstić information content (AvgIpc) is 2.81. The first-order chi connectivity index (χ1) is 9.61. The maximum absolute atomic E-state index is 11.6. The Hall–Kier alpha value is -2.30. The van der Waals surface area contributed by atoms with Crippen LogP contribution >= 0.6 is 0 Å². The van der Waals surface area contributed by atoms with Gasteiger partial charge < -0.3 is 9.94 Å². The van der Waals surface area contributed by atoms with Crippen molar-refractivity contribution in [3.63, 3.8) is 0 Å². The minimum atomic E-state index is -0.318. The fraction of sp³-hybridized carbons (Fsp3) is 0.333. The van der Waals surface area contributed by atoms with Gasteiger partial charge in [0.25, 0.3) is 0 Å². The molecule has 2 aromatic rings. The first-order valence-electron chi connectivity index (χ1n) is 6.62. The van der Waals surface area contributed by atoms with E-state index in [0.717, 1.165) is 10.4 Å². The predicted octanol–water partition coefficient (Wildman–Crippen LogP) is 2.53. The van der Waals surface area contributed by atoms with Gasteiger partial charge in [-0.05, 0) is 13.0 Å². The maximum atomic E-state index is 11.6. The molecule has 1 aromatic heterocycles. The zero-order chi connectivity index (χ0) is 14.5.